The quantitative estimate of drug-likeness (QED) is 0.888. The van der Waals surface area contributed by atoms with Crippen molar-refractivity contribution >= 4 is 16.9 Å². The first-order valence-electron chi connectivity index (χ1n) is 6.67. The molecule has 2 N–H and O–H groups in total. The minimum atomic E-state index is -0.490. The highest BCUT2D eigenvalue weighted by molar-refractivity contribution is 5.80. The third-order valence-corrected chi connectivity index (χ3v) is 3.73. The lowest BCUT2D eigenvalue weighted by molar-refractivity contribution is -0.127. The van der Waals surface area contributed by atoms with E-state index < -0.39 is 6.10 Å². The van der Waals surface area contributed by atoms with Gasteiger partial charge >= 0.3 is 0 Å². The molecule has 19 heavy (non-hydrogen) atoms. The van der Waals surface area contributed by atoms with Crippen LogP contribution >= 0.6 is 0 Å². The number of aliphatic hydroxyl groups excluding tert-OH is 1. The topological polar surface area (TPSA) is 62.5 Å². The Balaban J connectivity index is 1.64. The van der Waals surface area contributed by atoms with Gasteiger partial charge in [0.15, 0.2) is 0 Å². The minimum absolute atomic E-state index is 0.0783. The molecule has 0 bridgehead atoms. The number of carbonyl (C=O) groups is 1. The van der Waals surface area contributed by atoms with Gasteiger partial charge in [-0.05, 0) is 31.4 Å². The molecule has 0 aliphatic heterocycles. The number of furan rings is 1. The number of para-hydroxylation sites is 1. The second-order valence-electron chi connectivity index (χ2n) is 5.07. The fraction of sp³-hybridized carbons (Fsp3) is 0.400. The fourth-order valence-corrected chi connectivity index (χ4v) is 2.68. The molecule has 1 aliphatic rings. The lowest BCUT2D eigenvalue weighted by Gasteiger charge is -2.13. The predicted octanol–water partition coefficient (Wildman–Crippen LogP) is 2.21. The van der Waals surface area contributed by atoms with Gasteiger partial charge in [0, 0.05) is 5.39 Å². The summed E-state index contributed by atoms with van der Waals surface area (Å²) in [6.45, 7) is 0.372. The lowest BCUT2D eigenvalue weighted by Crippen LogP contribution is -2.34. The highest BCUT2D eigenvalue weighted by Crippen LogP contribution is 2.25. The number of aliphatic hydroxyl groups is 1. The summed E-state index contributed by atoms with van der Waals surface area (Å²) >= 11 is 0. The van der Waals surface area contributed by atoms with Crippen LogP contribution in [0.2, 0.25) is 0 Å². The molecule has 1 fully saturated rings. The van der Waals surface area contributed by atoms with E-state index in [4.69, 9.17) is 4.42 Å². The van der Waals surface area contributed by atoms with E-state index in [0.29, 0.717) is 6.54 Å². The number of benzene rings is 1. The summed E-state index contributed by atoms with van der Waals surface area (Å²) in [6.07, 6.45) is 1.93. The molecule has 0 saturated heterocycles. The zero-order chi connectivity index (χ0) is 13.2. The number of hydrogen-bond acceptors (Lipinski definition) is 3. The molecule has 1 aromatic carbocycles. The van der Waals surface area contributed by atoms with E-state index in [1.54, 1.807) is 0 Å². The zero-order valence-electron chi connectivity index (χ0n) is 10.6. The Morgan fingerprint density at radius 2 is 2.21 bits per heavy atom. The van der Waals surface area contributed by atoms with Crippen LogP contribution in [0.3, 0.4) is 0 Å². The van der Waals surface area contributed by atoms with E-state index in [9.17, 15) is 9.90 Å². The monoisotopic (exact) mass is 259 g/mol. The summed E-state index contributed by atoms with van der Waals surface area (Å²) in [6, 6.07) is 9.69. The van der Waals surface area contributed by atoms with Crippen molar-refractivity contribution in [3.05, 3.63) is 36.1 Å². The van der Waals surface area contributed by atoms with E-state index in [1.165, 1.54) is 0 Å². The van der Waals surface area contributed by atoms with Gasteiger partial charge in [-0.25, -0.2) is 0 Å². The second kappa shape index (κ2) is 5.05. The summed E-state index contributed by atoms with van der Waals surface area (Å²) in [4.78, 5) is 11.9. The lowest BCUT2D eigenvalue weighted by atomic mass is 10.1. The largest absolute Gasteiger partial charge is 0.459 e. The molecule has 1 saturated carbocycles. The Kier molecular flexibility index (Phi) is 3.25. The van der Waals surface area contributed by atoms with Gasteiger partial charge in [0.05, 0.1) is 18.6 Å². The van der Waals surface area contributed by atoms with Crippen molar-refractivity contribution in [1.29, 1.82) is 0 Å². The fourth-order valence-electron chi connectivity index (χ4n) is 2.68. The first kappa shape index (κ1) is 12.2. The van der Waals surface area contributed by atoms with Crippen LogP contribution in [0.25, 0.3) is 11.0 Å². The van der Waals surface area contributed by atoms with Gasteiger partial charge in [-0.15, -0.1) is 0 Å². The first-order chi connectivity index (χ1) is 9.24. The summed E-state index contributed by atoms with van der Waals surface area (Å²) in [5.74, 6) is 0.400. The van der Waals surface area contributed by atoms with Crippen LogP contribution in [0.5, 0.6) is 0 Å². The standard InChI is InChI=1S/C15H17NO3/c17-13-6-3-5-12(13)15(18)16-9-11-8-10-4-1-2-7-14(10)19-11/h1-2,4,7-8,12-13,17H,3,5-6,9H2,(H,16,18). The van der Waals surface area contributed by atoms with Gasteiger partial charge < -0.3 is 14.8 Å². The van der Waals surface area contributed by atoms with Crippen molar-refractivity contribution in [2.45, 2.75) is 31.9 Å². The van der Waals surface area contributed by atoms with E-state index in [0.717, 1.165) is 36.0 Å². The normalized spacial score (nSPS) is 22.8. The van der Waals surface area contributed by atoms with Crippen molar-refractivity contribution in [3.63, 3.8) is 0 Å². The molecule has 1 heterocycles. The molecular formula is C15H17NO3. The number of hydrogen-bond donors (Lipinski definition) is 2. The summed E-state index contributed by atoms with van der Waals surface area (Å²) < 4.78 is 5.63. The van der Waals surface area contributed by atoms with E-state index >= 15 is 0 Å². The van der Waals surface area contributed by atoms with Gasteiger partial charge in [0.1, 0.15) is 11.3 Å². The number of amides is 1. The molecule has 100 valence electrons. The Morgan fingerprint density at radius 3 is 2.95 bits per heavy atom. The van der Waals surface area contributed by atoms with Crippen molar-refractivity contribution in [1.82, 2.24) is 5.32 Å². The molecule has 2 aromatic rings. The van der Waals surface area contributed by atoms with Crippen molar-refractivity contribution in [2.24, 2.45) is 5.92 Å². The molecule has 4 nitrogen and oxygen atoms in total. The molecule has 3 rings (SSSR count). The minimum Gasteiger partial charge on any atom is -0.459 e. The van der Waals surface area contributed by atoms with Crippen molar-refractivity contribution in [2.75, 3.05) is 0 Å². The van der Waals surface area contributed by atoms with E-state index in [1.807, 2.05) is 30.3 Å². The summed E-state index contributed by atoms with van der Waals surface area (Å²) in [7, 11) is 0. The molecular weight excluding hydrogens is 242 g/mol. The Bertz CT molecular complexity index is 557. The van der Waals surface area contributed by atoms with E-state index in [-0.39, 0.29) is 11.8 Å². The Morgan fingerprint density at radius 1 is 1.37 bits per heavy atom. The Hall–Kier alpha value is -1.81. The zero-order valence-corrected chi connectivity index (χ0v) is 10.6. The maximum Gasteiger partial charge on any atom is 0.226 e. The Labute approximate surface area is 111 Å². The number of rotatable bonds is 3. The summed E-state index contributed by atoms with van der Waals surface area (Å²) in [5.41, 5.74) is 0.827. The van der Waals surface area contributed by atoms with Crippen LogP contribution in [-0.2, 0) is 11.3 Å². The van der Waals surface area contributed by atoms with Crippen molar-refractivity contribution in [3.8, 4) is 0 Å². The third kappa shape index (κ3) is 2.49. The molecule has 1 aromatic heterocycles. The van der Waals surface area contributed by atoms with Crippen LogP contribution < -0.4 is 5.32 Å². The smallest absolute Gasteiger partial charge is 0.226 e. The highest BCUT2D eigenvalue weighted by atomic mass is 16.3. The molecule has 2 atom stereocenters. The molecule has 0 radical (unpaired) electrons. The van der Waals surface area contributed by atoms with Gasteiger partial charge in [-0.3, -0.25) is 4.79 Å². The second-order valence-corrected chi connectivity index (χ2v) is 5.07. The van der Waals surface area contributed by atoms with Gasteiger partial charge in [0.2, 0.25) is 5.91 Å². The SMILES string of the molecule is O=C(NCc1cc2ccccc2o1)C1CCCC1O. The van der Waals surface area contributed by atoms with Crippen LogP contribution in [0.15, 0.2) is 34.7 Å². The average Bonchev–Trinajstić information content (AvgIpc) is 3.01. The molecule has 2 unspecified atom stereocenters. The predicted molar refractivity (Wildman–Crippen MR) is 71.4 cm³/mol. The van der Waals surface area contributed by atoms with Crippen LogP contribution in [0, 0.1) is 5.92 Å². The highest BCUT2D eigenvalue weighted by Gasteiger charge is 2.31. The van der Waals surface area contributed by atoms with Crippen LogP contribution in [-0.4, -0.2) is 17.1 Å². The number of nitrogens with one attached hydrogen (secondary N) is 1. The number of carbonyl (C=O) groups excluding carboxylic acids is 1. The molecule has 4 heteroatoms. The van der Waals surface area contributed by atoms with Gasteiger partial charge in [-0.1, -0.05) is 18.2 Å². The van der Waals surface area contributed by atoms with Gasteiger partial charge in [-0.2, -0.15) is 0 Å². The van der Waals surface area contributed by atoms with Crippen LogP contribution in [0.1, 0.15) is 25.0 Å². The molecule has 1 amide bonds. The van der Waals surface area contributed by atoms with Gasteiger partial charge in [0.25, 0.3) is 0 Å². The van der Waals surface area contributed by atoms with Crippen molar-refractivity contribution < 1.29 is 14.3 Å². The maximum absolute atomic E-state index is 11.9. The van der Waals surface area contributed by atoms with Crippen LogP contribution in [0.4, 0.5) is 0 Å². The average molecular weight is 259 g/mol. The molecule has 0 spiro atoms. The number of fused-ring (bicyclic) bond motifs is 1. The maximum atomic E-state index is 11.9. The first-order valence-corrected chi connectivity index (χ1v) is 6.67. The summed E-state index contributed by atoms with van der Waals surface area (Å²) in [5, 5.41) is 13.6. The third-order valence-electron chi connectivity index (χ3n) is 3.73. The molecule has 1 aliphatic carbocycles. The van der Waals surface area contributed by atoms with E-state index in [2.05, 4.69) is 5.32 Å².